The molecule has 1 aromatic heterocycles. The van der Waals surface area contributed by atoms with Crippen LogP contribution in [0, 0.1) is 13.8 Å². The zero-order chi connectivity index (χ0) is 13.4. The maximum absolute atomic E-state index is 6.39. The predicted molar refractivity (Wildman–Crippen MR) is 77.3 cm³/mol. The number of nitrogens with two attached hydrogens (primary N) is 1. The molecule has 100 valence electrons. The Bertz CT molecular complexity index is 574. The number of benzene rings is 1. The number of thioether (sulfide) groups is 1. The standard InChI is InChI=1S/C15H18N2OS/c1-9-10(2)18-15(17-9)19-13-8-7-11-5-3-4-6-12(11)14(13)16/h3-6,13-14H,7-8,16H2,1-2H3. The largest absolute Gasteiger partial charge is 0.437 e. The molecule has 1 aliphatic rings. The molecule has 1 aromatic carbocycles. The van der Waals surface area contributed by atoms with E-state index in [1.54, 1.807) is 11.8 Å². The fourth-order valence-corrected chi connectivity index (χ4v) is 3.67. The third-order valence-electron chi connectivity index (χ3n) is 3.77. The third-order valence-corrected chi connectivity index (χ3v) is 4.98. The Morgan fingerprint density at radius 2 is 2.11 bits per heavy atom. The number of hydrogen-bond acceptors (Lipinski definition) is 4. The Hall–Kier alpha value is -1.26. The monoisotopic (exact) mass is 274 g/mol. The minimum absolute atomic E-state index is 0.0578. The van der Waals surface area contributed by atoms with Gasteiger partial charge in [-0.05, 0) is 37.8 Å². The summed E-state index contributed by atoms with van der Waals surface area (Å²) in [5.74, 6) is 0.896. The third kappa shape index (κ3) is 2.42. The van der Waals surface area contributed by atoms with Crippen molar-refractivity contribution in [2.45, 2.75) is 43.2 Å². The van der Waals surface area contributed by atoms with Crippen molar-refractivity contribution in [2.75, 3.05) is 0 Å². The van der Waals surface area contributed by atoms with E-state index in [1.165, 1.54) is 11.1 Å². The molecule has 0 saturated carbocycles. The maximum atomic E-state index is 6.39. The Labute approximate surface area is 117 Å². The Morgan fingerprint density at radius 3 is 2.84 bits per heavy atom. The summed E-state index contributed by atoms with van der Waals surface area (Å²) in [7, 11) is 0. The summed E-state index contributed by atoms with van der Waals surface area (Å²) in [6.45, 7) is 3.92. The Kier molecular flexibility index (Phi) is 3.37. The topological polar surface area (TPSA) is 52.0 Å². The molecule has 4 heteroatoms. The van der Waals surface area contributed by atoms with E-state index >= 15 is 0 Å². The average Bonchev–Trinajstić information content (AvgIpc) is 2.72. The van der Waals surface area contributed by atoms with Crippen LogP contribution in [0.4, 0.5) is 0 Å². The minimum atomic E-state index is 0.0578. The molecule has 2 unspecified atom stereocenters. The molecule has 3 rings (SSSR count). The van der Waals surface area contributed by atoms with Crippen LogP contribution in [0.15, 0.2) is 33.9 Å². The first-order valence-corrected chi connectivity index (χ1v) is 7.47. The number of hydrogen-bond donors (Lipinski definition) is 1. The number of nitrogens with zero attached hydrogens (tertiary/aromatic N) is 1. The molecule has 0 spiro atoms. The lowest BCUT2D eigenvalue weighted by Gasteiger charge is -2.29. The molecule has 1 aliphatic carbocycles. The molecule has 0 aliphatic heterocycles. The number of fused-ring (bicyclic) bond motifs is 1. The first-order valence-electron chi connectivity index (χ1n) is 6.59. The molecule has 3 nitrogen and oxygen atoms in total. The second kappa shape index (κ2) is 5.02. The second-order valence-corrected chi connectivity index (χ2v) is 6.23. The van der Waals surface area contributed by atoms with Gasteiger partial charge < -0.3 is 10.2 Å². The molecular formula is C15H18N2OS. The van der Waals surface area contributed by atoms with E-state index in [9.17, 15) is 0 Å². The summed E-state index contributed by atoms with van der Waals surface area (Å²) in [5, 5.41) is 1.09. The van der Waals surface area contributed by atoms with Crippen LogP contribution >= 0.6 is 11.8 Å². The zero-order valence-corrected chi connectivity index (χ0v) is 12.0. The van der Waals surface area contributed by atoms with Gasteiger partial charge in [0.15, 0.2) is 0 Å². The van der Waals surface area contributed by atoms with E-state index in [4.69, 9.17) is 10.2 Å². The van der Waals surface area contributed by atoms with Crippen LogP contribution in [0.1, 0.15) is 35.0 Å². The maximum Gasteiger partial charge on any atom is 0.256 e. The van der Waals surface area contributed by atoms with E-state index in [0.29, 0.717) is 5.25 Å². The highest BCUT2D eigenvalue weighted by Crippen LogP contribution is 2.38. The van der Waals surface area contributed by atoms with Gasteiger partial charge in [-0.25, -0.2) is 4.98 Å². The van der Waals surface area contributed by atoms with Crippen LogP contribution in [-0.4, -0.2) is 10.2 Å². The highest BCUT2D eigenvalue weighted by molar-refractivity contribution is 7.99. The molecular weight excluding hydrogens is 256 g/mol. The fourth-order valence-electron chi connectivity index (χ4n) is 2.52. The number of rotatable bonds is 2. The Morgan fingerprint density at radius 1 is 1.32 bits per heavy atom. The SMILES string of the molecule is Cc1nc(SC2CCc3ccccc3C2N)oc1C. The molecule has 0 bridgehead atoms. The van der Waals surface area contributed by atoms with Crippen LogP contribution in [0.2, 0.25) is 0 Å². The van der Waals surface area contributed by atoms with Crippen molar-refractivity contribution in [1.29, 1.82) is 0 Å². The van der Waals surface area contributed by atoms with Gasteiger partial charge in [0.25, 0.3) is 5.22 Å². The van der Waals surface area contributed by atoms with E-state index in [1.807, 2.05) is 13.8 Å². The average molecular weight is 274 g/mol. The van der Waals surface area contributed by atoms with Crippen LogP contribution in [0.25, 0.3) is 0 Å². The summed E-state index contributed by atoms with van der Waals surface area (Å²) < 4.78 is 5.65. The first kappa shape index (κ1) is 12.8. The Balaban J connectivity index is 1.80. The van der Waals surface area contributed by atoms with Crippen molar-refractivity contribution in [2.24, 2.45) is 5.73 Å². The molecule has 0 fully saturated rings. The summed E-state index contributed by atoms with van der Waals surface area (Å²) in [6.07, 6.45) is 2.16. The van der Waals surface area contributed by atoms with Crippen LogP contribution in [0.3, 0.4) is 0 Å². The van der Waals surface area contributed by atoms with Gasteiger partial charge in [-0.3, -0.25) is 0 Å². The van der Waals surface area contributed by atoms with Gasteiger partial charge in [-0.2, -0.15) is 0 Å². The molecule has 2 atom stereocenters. The van der Waals surface area contributed by atoms with Crippen molar-refractivity contribution in [1.82, 2.24) is 4.98 Å². The van der Waals surface area contributed by atoms with Crippen LogP contribution < -0.4 is 5.73 Å². The number of aryl methyl sites for hydroxylation is 3. The highest BCUT2D eigenvalue weighted by atomic mass is 32.2. The van der Waals surface area contributed by atoms with Crippen molar-refractivity contribution in [3.05, 3.63) is 46.8 Å². The van der Waals surface area contributed by atoms with Gasteiger partial charge in [0.1, 0.15) is 5.76 Å². The van der Waals surface area contributed by atoms with E-state index in [2.05, 4.69) is 29.2 Å². The fraction of sp³-hybridized carbons (Fsp3) is 0.400. The summed E-state index contributed by atoms with van der Waals surface area (Å²) in [4.78, 5) is 4.44. The van der Waals surface area contributed by atoms with Crippen molar-refractivity contribution in [3.63, 3.8) is 0 Å². The molecule has 19 heavy (non-hydrogen) atoms. The lowest BCUT2D eigenvalue weighted by Crippen LogP contribution is -2.29. The summed E-state index contributed by atoms with van der Waals surface area (Å²) in [5.41, 5.74) is 10.0. The number of oxazole rings is 1. The van der Waals surface area contributed by atoms with Gasteiger partial charge in [0.2, 0.25) is 0 Å². The zero-order valence-electron chi connectivity index (χ0n) is 11.2. The summed E-state index contributed by atoms with van der Waals surface area (Å²) >= 11 is 1.67. The minimum Gasteiger partial charge on any atom is -0.437 e. The molecule has 1 heterocycles. The normalized spacial score (nSPS) is 22.3. The van der Waals surface area contributed by atoms with E-state index < -0.39 is 0 Å². The van der Waals surface area contributed by atoms with Gasteiger partial charge >= 0.3 is 0 Å². The van der Waals surface area contributed by atoms with E-state index in [0.717, 1.165) is 29.5 Å². The smallest absolute Gasteiger partial charge is 0.256 e. The lowest BCUT2D eigenvalue weighted by molar-refractivity contribution is 0.428. The van der Waals surface area contributed by atoms with Gasteiger partial charge in [-0.1, -0.05) is 36.0 Å². The lowest BCUT2D eigenvalue weighted by atomic mass is 9.88. The van der Waals surface area contributed by atoms with Crippen molar-refractivity contribution >= 4 is 11.8 Å². The number of aromatic nitrogens is 1. The van der Waals surface area contributed by atoms with Crippen LogP contribution in [0.5, 0.6) is 0 Å². The quantitative estimate of drug-likeness (QED) is 0.912. The molecule has 0 amide bonds. The molecule has 0 saturated heterocycles. The van der Waals surface area contributed by atoms with Gasteiger partial charge in [-0.15, -0.1) is 0 Å². The van der Waals surface area contributed by atoms with E-state index in [-0.39, 0.29) is 6.04 Å². The van der Waals surface area contributed by atoms with Crippen molar-refractivity contribution in [3.8, 4) is 0 Å². The summed E-state index contributed by atoms with van der Waals surface area (Å²) in [6, 6.07) is 8.52. The first-order chi connectivity index (χ1) is 9.15. The molecule has 0 radical (unpaired) electrons. The predicted octanol–water partition coefficient (Wildman–Crippen LogP) is 3.40. The second-order valence-electron chi connectivity index (χ2n) is 5.04. The highest BCUT2D eigenvalue weighted by Gasteiger charge is 2.28. The van der Waals surface area contributed by atoms with Crippen molar-refractivity contribution < 1.29 is 4.42 Å². The van der Waals surface area contributed by atoms with Gasteiger partial charge in [0, 0.05) is 11.3 Å². The molecule has 2 aromatic rings. The van der Waals surface area contributed by atoms with Crippen LogP contribution in [-0.2, 0) is 6.42 Å². The van der Waals surface area contributed by atoms with Gasteiger partial charge in [0.05, 0.1) is 5.69 Å². The molecule has 2 N–H and O–H groups in total.